The van der Waals surface area contributed by atoms with Crippen LogP contribution in [-0.2, 0) is 16.6 Å². The molecule has 1 N–H and O–H groups in total. The zero-order valence-corrected chi connectivity index (χ0v) is 11.3. The van der Waals surface area contributed by atoms with Crippen molar-refractivity contribution in [1.82, 2.24) is 15.1 Å². The maximum absolute atomic E-state index is 11.9. The summed E-state index contributed by atoms with van der Waals surface area (Å²) in [7, 11) is 3.19. The molecule has 0 aromatic carbocycles. The summed E-state index contributed by atoms with van der Waals surface area (Å²) < 4.78 is 6.34. The van der Waals surface area contributed by atoms with Crippen LogP contribution < -0.4 is 5.32 Å². The highest BCUT2D eigenvalue weighted by molar-refractivity contribution is 5.93. The highest BCUT2D eigenvalue weighted by Crippen LogP contribution is 2.25. The van der Waals surface area contributed by atoms with Crippen LogP contribution in [0.1, 0.15) is 36.0 Å². The number of hydrogen-bond acceptors (Lipinski definition) is 4. The lowest BCUT2D eigenvalue weighted by atomic mass is 9.86. The van der Waals surface area contributed by atoms with E-state index in [1.54, 1.807) is 24.1 Å². The van der Waals surface area contributed by atoms with Crippen molar-refractivity contribution in [2.45, 2.75) is 31.7 Å². The molecular weight excluding hydrogens is 246 g/mol. The average molecular weight is 265 g/mol. The van der Waals surface area contributed by atoms with Crippen molar-refractivity contribution in [1.29, 1.82) is 0 Å². The van der Waals surface area contributed by atoms with E-state index in [4.69, 9.17) is 4.74 Å². The quantitative estimate of drug-likeness (QED) is 0.823. The molecule has 0 atom stereocenters. The first-order valence-corrected chi connectivity index (χ1v) is 6.47. The van der Waals surface area contributed by atoms with Gasteiger partial charge >= 0.3 is 5.97 Å². The lowest BCUT2D eigenvalue weighted by Crippen LogP contribution is -2.38. The smallest absolute Gasteiger partial charge is 0.308 e. The van der Waals surface area contributed by atoms with Crippen LogP contribution in [0.15, 0.2) is 12.4 Å². The molecule has 6 heteroatoms. The van der Waals surface area contributed by atoms with Gasteiger partial charge in [0.25, 0.3) is 5.91 Å². The fraction of sp³-hybridized carbons (Fsp3) is 0.615. The van der Waals surface area contributed by atoms with Crippen molar-refractivity contribution in [3.05, 3.63) is 18.0 Å². The predicted octanol–water partition coefficient (Wildman–Crippen LogP) is 0.882. The highest BCUT2D eigenvalue weighted by Gasteiger charge is 2.27. The lowest BCUT2D eigenvalue weighted by Gasteiger charge is -2.27. The van der Waals surface area contributed by atoms with Gasteiger partial charge in [-0.2, -0.15) is 5.10 Å². The second kappa shape index (κ2) is 5.86. The molecule has 1 fully saturated rings. The summed E-state index contributed by atoms with van der Waals surface area (Å²) in [5.74, 6) is -0.261. The second-order valence-corrected chi connectivity index (χ2v) is 4.95. The summed E-state index contributed by atoms with van der Waals surface area (Å²) in [5.41, 5.74) is 0.567. The van der Waals surface area contributed by atoms with Gasteiger partial charge in [-0.05, 0) is 25.7 Å². The van der Waals surface area contributed by atoms with Gasteiger partial charge in [0.15, 0.2) is 0 Å². The summed E-state index contributed by atoms with van der Waals surface area (Å²) in [4.78, 5) is 23.3. The molecule has 2 rings (SSSR count). The van der Waals surface area contributed by atoms with Gasteiger partial charge in [-0.1, -0.05) is 0 Å². The van der Waals surface area contributed by atoms with Gasteiger partial charge < -0.3 is 10.1 Å². The fourth-order valence-corrected chi connectivity index (χ4v) is 2.45. The first-order valence-electron chi connectivity index (χ1n) is 6.47. The van der Waals surface area contributed by atoms with Crippen LogP contribution in [0.5, 0.6) is 0 Å². The van der Waals surface area contributed by atoms with Crippen molar-refractivity contribution in [3.63, 3.8) is 0 Å². The van der Waals surface area contributed by atoms with Gasteiger partial charge in [-0.25, -0.2) is 0 Å². The maximum atomic E-state index is 11.9. The van der Waals surface area contributed by atoms with Crippen LogP contribution >= 0.6 is 0 Å². The van der Waals surface area contributed by atoms with E-state index in [-0.39, 0.29) is 23.8 Å². The standard InChI is InChI=1S/C13H19N3O3/c1-16-8-10(7-14-16)12(17)15-11-5-3-9(4-6-11)13(18)19-2/h7-9,11H,3-6H2,1-2H3,(H,15,17). The molecular formula is C13H19N3O3. The van der Waals surface area contributed by atoms with Crippen LogP contribution in [0.4, 0.5) is 0 Å². The Labute approximate surface area is 112 Å². The summed E-state index contributed by atoms with van der Waals surface area (Å²) >= 11 is 0. The number of ether oxygens (including phenoxy) is 1. The zero-order chi connectivity index (χ0) is 13.8. The molecule has 6 nitrogen and oxygen atoms in total. The van der Waals surface area contributed by atoms with E-state index in [2.05, 4.69) is 10.4 Å². The second-order valence-electron chi connectivity index (χ2n) is 4.95. The minimum absolute atomic E-state index is 0.0171. The van der Waals surface area contributed by atoms with Crippen molar-refractivity contribution >= 4 is 11.9 Å². The van der Waals surface area contributed by atoms with Gasteiger partial charge in [-0.15, -0.1) is 0 Å². The minimum Gasteiger partial charge on any atom is -0.469 e. The Hall–Kier alpha value is -1.85. The van der Waals surface area contributed by atoms with Gasteiger partial charge in [0, 0.05) is 19.3 Å². The number of carbonyl (C=O) groups excluding carboxylic acids is 2. The number of carbonyl (C=O) groups is 2. The third kappa shape index (κ3) is 3.33. The van der Waals surface area contributed by atoms with Crippen LogP contribution in [-0.4, -0.2) is 34.8 Å². The third-order valence-electron chi connectivity index (χ3n) is 3.56. The normalized spacial score (nSPS) is 22.8. The molecule has 0 saturated heterocycles. The average Bonchev–Trinajstić information content (AvgIpc) is 2.85. The predicted molar refractivity (Wildman–Crippen MR) is 68.4 cm³/mol. The molecule has 1 aliphatic carbocycles. The highest BCUT2D eigenvalue weighted by atomic mass is 16.5. The number of methoxy groups -OCH3 is 1. The molecule has 1 saturated carbocycles. The maximum Gasteiger partial charge on any atom is 0.308 e. The SMILES string of the molecule is COC(=O)C1CCC(NC(=O)c2cnn(C)c2)CC1. The molecule has 0 radical (unpaired) electrons. The van der Waals surface area contributed by atoms with Crippen LogP contribution in [0.2, 0.25) is 0 Å². The third-order valence-corrected chi connectivity index (χ3v) is 3.56. The van der Waals surface area contributed by atoms with Gasteiger partial charge in [0.2, 0.25) is 0 Å². The van der Waals surface area contributed by atoms with E-state index in [0.29, 0.717) is 5.56 Å². The number of amides is 1. The van der Waals surface area contributed by atoms with Gasteiger partial charge in [-0.3, -0.25) is 14.3 Å². The van der Waals surface area contributed by atoms with E-state index >= 15 is 0 Å². The first-order chi connectivity index (χ1) is 9.10. The summed E-state index contributed by atoms with van der Waals surface area (Å²) in [6.07, 6.45) is 6.40. The summed E-state index contributed by atoms with van der Waals surface area (Å²) in [5, 5.41) is 6.95. The van der Waals surface area contributed by atoms with E-state index in [0.717, 1.165) is 25.7 Å². The molecule has 1 heterocycles. The molecule has 0 unspecified atom stereocenters. The van der Waals surface area contributed by atoms with E-state index in [1.807, 2.05) is 0 Å². The van der Waals surface area contributed by atoms with Gasteiger partial charge in [0.1, 0.15) is 0 Å². The molecule has 1 aromatic rings. The molecule has 104 valence electrons. The Morgan fingerprint density at radius 2 is 2.05 bits per heavy atom. The molecule has 0 bridgehead atoms. The fourth-order valence-electron chi connectivity index (χ4n) is 2.45. The topological polar surface area (TPSA) is 73.2 Å². The molecule has 1 aromatic heterocycles. The Morgan fingerprint density at radius 1 is 1.37 bits per heavy atom. The van der Waals surface area contributed by atoms with Crippen LogP contribution in [0.25, 0.3) is 0 Å². The summed E-state index contributed by atoms with van der Waals surface area (Å²) in [6, 6.07) is 0.133. The molecule has 1 aliphatic rings. The van der Waals surface area contributed by atoms with Crippen molar-refractivity contribution in [2.24, 2.45) is 13.0 Å². The van der Waals surface area contributed by atoms with E-state index in [9.17, 15) is 9.59 Å². The van der Waals surface area contributed by atoms with Gasteiger partial charge in [0.05, 0.1) is 24.8 Å². The van der Waals surface area contributed by atoms with Crippen LogP contribution in [0.3, 0.4) is 0 Å². The Kier molecular flexibility index (Phi) is 4.19. The number of aromatic nitrogens is 2. The number of nitrogens with one attached hydrogen (secondary N) is 1. The lowest BCUT2D eigenvalue weighted by molar-refractivity contribution is -0.146. The minimum atomic E-state index is -0.142. The molecule has 1 amide bonds. The van der Waals surface area contributed by atoms with E-state index in [1.165, 1.54) is 7.11 Å². The number of aryl methyl sites for hydroxylation is 1. The first kappa shape index (κ1) is 13.6. The Balaban J connectivity index is 1.82. The van der Waals surface area contributed by atoms with E-state index < -0.39 is 0 Å². The number of nitrogens with zero attached hydrogens (tertiary/aromatic N) is 2. The zero-order valence-electron chi connectivity index (χ0n) is 11.3. The molecule has 0 spiro atoms. The Morgan fingerprint density at radius 3 is 2.58 bits per heavy atom. The van der Waals surface area contributed by atoms with Crippen molar-refractivity contribution in [2.75, 3.05) is 7.11 Å². The van der Waals surface area contributed by atoms with Crippen molar-refractivity contribution < 1.29 is 14.3 Å². The largest absolute Gasteiger partial charge is 0.469 e. The van der Waals surface area contributed by atoms with Crippen molar-refractivity contribution in [3.8, 4) is 0 Å². The monoisotopic (exact) mass is 265 g/mol. The molecule has 0 aliphatic heterocycles. The Bertz CT molecular complexity index is 461. The number of hydrogen-bond donors (Lipinski definition) is 1. The molecule has 19 heavy (non-hydrogen) atoms. The summed E-state index contributed by atoms with van der Waals surface area (Å²) in [6.45, 7) is 0. The van der Waals surface area contributed by atoms with Crippen LogP contribution in [0, 0.1) is 5.92 Å². The number of esters is 1. The number of rotatable bonds is 3.